The second kappa shape index (κ2) is 32.1. The summed E-state index contributed by atoms with van der Waals surface area (Å²) < 4.78 is 4.85. The molecule has 0 unspecified atom stereocenters. The van der Waals surface area contributed by atoms with Crippen molar-refractivity contribution in [1.29, 1.82) is 0 Å². The number of unbranched alkanes of at least 4 members (excludes halogenated alkanes) is 19. The molecular weight excluding hydrogens is 745 g/mol. The summed E-state index contributed by atoms with van der Waals surface area (Å²) in [5.74, 6) is -2.18. The molecule has 0 radical (unpaired) electrons. The lowest BCUT2D eigenvalue weighted by Crippen LogP contribution is -2.38. The highest BCUT2D eigenvalue weighted by atomic mass is 16.4. The van der Waals surface area contributed by atoms with Crippen molar-refractivity contribution in [1.82, 2.24) is 0 Å². The highest BCUT2D eigenvalue weighted by molar-refractivity contribution is 5.88. The van der Waals surface area contributed by atoms with Crippen LogP contribution in [0, 0.1) is 13.8 Å². The van der Waals surface area contributed by atoms with Crippen LogP contribution in [-0.2, 0) is 22.7 Å². The molecule has 8 nitrogen and oxygen atoms in total. The zero-order valence-electron chi connectivity index (χ0n) is 37.7. The summed E-state index contributed by atoms with van der Waals surface area (Å²) in [6.07, 6.45) is 32.6. The molecule has 0 spiro atoms. The van der Waals surface area contributed by atoms with Gasteiger partial charge in [0.25, 0.3) is 0 Å². The van der Waals surface area contributed by atoms with E-state index < -0.39 is 11.9 Å². The molecule has 0 atom stereocenters. The van der Waals surface area contributed by atoms with Crippen LogP contribution in [0.3, 0.4) is 0 Å². The Morgan fingerprint density at radius 3 is 1.17 bits per heavy atom. The van der Waals surface area contributed by atoms with Crippen LogP contribution in [0.4, 0.5) is 11.4 Å². The fraction of sp³-hybridized carbons (Fsp3) is 0.538. The van der Waals surface area contributed by atoms with Crippen LogP contribution < -0.4 is 30.8 Å². The molecule has 0 saturated carbocycles. The molecule has 0 aliphatic carbocycles. The number of hydrogen-bond acceptors (Lipinski definition) is 6. The van der Waals surface area contributed by atoms with E-state index in [0.717, 1.165) is 73.1 Å². The topological polar surface area (TPSA) is 140 Å². The van der Waals surface area contributed by atoms with Crippen molar-refractivity contribution in [2.75, 3.05) is 11.5 Å². The number of carbonyl (C=O) groups excluding carboxylic acids is 2. The van der Waals surface area contributed by atoms with Gasteiger partial charge in [-0.1, -0.05) is 140 Å². The summed E-state index contributed by atoms with van der Waals surface area (Å²) in [7, 11) is 0. The first kappa shape index (κ1) is 51.4. The lowest BCUT2D eigenvalue weighted by molar-refractivity contribution is -0.678. The number of rotatable bonds is 27. The molecule has 2 heterocycles. The summed E-state index contributed by atoms with van der Waals surface area (Å²) in [6.45, 7) is 10.9. The number of carboxylic acid groups (broad SMARTS) is 2. The monoisotopic (exact) mass is 823 g/mol. The van der Waals surface area contributed by atoms with Crippen LogP contribution in [0.5, 0.6) is 0 Å². The molecular formula is C52H78N4O4. The third kappa shape index (κ3) is 21.5. The fourth-order valence-corrected chi connectivity index (χ4v) is 7.69. The number of nitrogens with two attached hydrogens (primary N) is 2. The van der Waals surface area contributed by atoms with E-state index >= 15 is 0 Å². The molecule has 330 valence electrons. The molecule has 8 heteroatoms. The van der Waals surface area contributed by atoms with Gasteiger partial charge in [-0.05, 0) is 62.8 Å². The average Bonchev–Trinajstić information content (AvgIpc) is 3.23. The number of aryl methyl sites for hydroxylation is 4. The number of pyridine rings is 2. The standard InChI is InChI=1S/C30H38N4.2C11H20O2/c1-23-21-27(31)25-15-9-11-17-29(25)33(23)19-13-7-5-3-4-6-8-14-20-34-24(2)22-28(32)26-16-10-12-18-30(26)34;2*1-2-3-4-5-6-7-8-9-10-11(12)13/h9-12,15-18,21-22,31-32H,3-8,13-14,19-20H2,1-2H3;2*9-10H,2-8H2,1H3,(H,12,13)/b;2*10-9+. The maximum atomic E-state index is 9.98. The number of aromatic nitrogens is 2. The van der Waals surface area contributed by atoms with Crippen molar-refractivity contribution in [3.63, 3.8) is 0 Å². The van der Waals surface area contributed by atoms with Crippen LogP contribution in [0.25, 0.3) is 21.8 Å². The summed E-state index contributed by atoms with van der Waals surface area (Å²) in [5.41, 5.74) is 19.2. The second-order valence-electron chi connectivity index (χ2n) is 16.2. The van der Waals surface area contributed by atoms with Crippen molar-refractivity contribution in [3.05, 3.63) is 96.4 Å². The molecule has 60 heavy (non-hydrogen) atoms. The number of anilines is 2. The lowest BCUT2D eigenvalue weighted by Gasteiger charge is -2.08. The Balaban J connectivity index is 0.000000393. The third-order valence-corrected chi connectivity index (χ3v) is 11.1. The number of fused-ring (bicyclic) bond motifs is 2. The normalized spacial score (nSPS) is 11.2. The van der Waals surface area contributed by atoms with Crippen LogP contribution in [0.1, 0.15) is 166 Å². The Morgan fingerprint density at radius 2 is 0.817 bits per heavy atom. The van der Waals surface area contributed by atoms with Crippen LogP contribution in [0.15, 0.2) is 85.0 Å². The van der Waals surface area contributed by atoms with Crippen molar-refractivity contribution >= 4 is 45.1 Å². The molecule has 4 N–H and O–H groups in total. The van der Waals surface area contributed by atoms with Crippen LogP contribution in [-0.4, -0.2) is 11.9 Å². The maximum Gasteiger partial charge on any atom is 0.214 e. The minimum absolute atomic E-state index is 0.861. The largest absolute Gasteiger partial charge is 0.545 e. The van der Waals surface area contributed by atoms with Gasteiger partial charge < -0.3 is 31.3 Å². The first-order chi connectivity index (χ1) is 29.1. The minimum Gasteiger partial charge on any atom is -0.545 e. The van der Waals surface area contributed by atoms with Gasteiger partial charge in [0.2, 0.25) is 11.0 Å². The SMILES string of the molecule is CCCCCCCC/C=C/C(=O)[O-].CCCCCCCC/C=C/C(=O)[O-].Cc1cc(N)c2ccccc2[n+]1CCCCCCCCCC[n+]1c(C)cc(N)c2ccccc21. The highest BCUT2D eigenvalue weighted by Gasteiger charge is 2.16. The predicted octanol–water partition coefficient (Wildman–Crippen LogP) is 10.3. The van der Waals surface area contributed by atoms with E-state index in [1.54, 1.807) is 12.2 Å². The summed E-state index contributed by atoms with van der Waals surface area (Å²) in [5, 5.41) is 22.3. The Kier molecular flexibility index (Phi) is 27.5. The Bertz CT molecular complexity index is 1730. The zero-order valence-corrected chi connectivity index (χ0v) is 37.7. The average molecular weight is 823 g/mol. The number of allylic oxidation sites excluding steroid dienone is 2. The lowest BCUT2D eigenvalue weighted by atomic mass is 10.1. The van der Waals surface area contributed by atoms with E-state index in [4.69, 9.17) is 11.5 Å². The van der Waals surface area contributed by atoms with Gasteiger partial charge in [0.05, 0.1) is 34.1 Å². The zero-order chi connectivity index (χ0) is 43.8. The van der Waals surface area contributed by atoms with E-state index in [1.807, 2.05) is 0 Å². The van der Waals surface area contributed by atoms with Gasteiger partial charge in [-0.25, -0.2) is 0 Å². The Labute approximate surface area is 362 Å². The maximum absolute atomic E-state index is 9.98. The Morgan fingerprint density at radius 1 is 0.500 bits per heavy atom. The van der Waals surface area contributed by atoms with Gasteiger partial charge in [0, 0.05) is 51.0 Å². The highest BCUT2D eigenvalue weighted by Crippen LogP contribution is 2.21. The number of carbonyl (C=O) groups is 2. The van der Waals surface area contributed by atoms with Gasteiger partial charge in [0.1, 0.15) is 13.1 Å². The van der Waals surface area contributed by atoms with Gasteiger partial charge in [0.15, 0.2) is 11.4 Å². The predicted molar refractivity (Wildman–Crippen MR) is 248 cm³/mol. The summed E-state index contributed by atoms with van der Waals surface area (Å²) >= 11 is 0. The number of aliphatic carboxylic acids is 2. The van der Waals surface area contributed by atoms with Crippen molar-refractivity contribution in [3.8, 4) is 0 Å². The number of hydrogen-bond donors (Lipinski definition) is 2. The first-order valence-corrected chi connectivity index (χ1v) is 23.2. The minimum atomic E-state index is -1.09. The van der Waals surface area contributed by atoms with Crippen molar-refractivity contribution in [2.45, 2.75) is 182 Å². The van der Waals surface area contributed by atoms with Crippen LogP contribution in [0.2, 0.25) is 0 Å². The molecule has 4 rings (SSSR count). The van der Waals surface area contributed by atoms with Gasteiger partial charge in [-0.2, -0.15) is 9.13 Å². The molecule has 0 aliphatic rings. The summed E-state index contributed by atoms with van der Waals surface area (Å²) in [4.78, 5) is 20.0. The molecule has 4 aromatic rings. The quantitative estimate of drug-likeness (QED) is 0.0349. The molecule has 0 amide bonds. The van der Waals surface area contributed by atoms with Gasteiger partial charge in [-0.3, -0.25) is 0 Å². The molecule has 0 fully saturated rings. The second-order valence-corrected chi connectivity index (χ2v) is 16.2. The van der Waals surface area contributed by atoms with Crippen molar-refractivity contribution < 1.29 is 28.9 Å². The first-order valence-electron chi connectivity index (χ1n) is 23.2. The number of nitrogens with zero attached hydrogens (tertiary/aromatic N) is 2. The summed E-state index contributed by atoms with van der Waals surface area (Å²) in [6, 6.07) is 21.2. The number of para-hydroxylation sites is 2. The van der Waals surface area contributed by atoms with E-state index in [-0.39, 0.29) is 0 Å². The molecule has 0 saturated heterocycles. The fourth-order valence-electron chi connectivity index (χ4n) is 7.69. The van der Waals surface area contributed by atoms with Gasteiger partial charge >= 0.3 is 0 Å². The van der Waals surface area contributed by atoms with Crippen molar-refractivity contribution in [2.24, 2.45) is 0 Å². The molecule has 0 aliphatic heterocycles. The number of carboxylic acids is 2. The van der Waals surface area contributed by atoms with Crippen LogP contribution >= 0.6 is 0 Å². The third-order valence-electron chi connectivity index (χ3n) is 11.1. The van der Waals surface area contributed by atoms with E-state index in [0.29, 0.717) is 0 Å². The van der Waals surface area contributed by atoms with E-state index in [9.17, 15) is 19.8 Å². The van der Waals surface area contributed by atoms with E-state index in [1.165, 1.54) is 138 Å². The Hall–Kier alpha value is -4.72. The van der Waals surface area contributed by atoms with E-state index in [2.05, 4.69) is 97.5 Å². The molecule has 2 aromatic heterocycles. The number of benzene rings is 2. The smallest absolute Gasteiger partial charge is 0.214 e. The van der Waals surface area contributed by atoms with Gasteiger partial charge in [-0.15, -0.1) is 0 Å². The molecule has 0 bridgehead atoms. The number of nitrogen functional groups attached to an aromatic ring is 2. The molecule has 2 aromatic carbocycles.